The van der Waals surface area contributed by atoms with Crippen molar-refractivity contribution < 1.29 is 14.3 Å². The molecule has 0 fully saturated rings. The molecule has 0 saturated carbocycles. The van der Waals surface area contributed by atoms with Gasteiger partial charge in [-0.05, 0) is 5.56 Å². The number of nitrogens with one attached hydrogen (secondary N) is 2. The highest BCUT2D eigenvalue weighted by Gasteiger charge is 2.37. The summed E-state index contributed by atoms with van der Waals surface area (Å²) >= 11 is 0. The molecule has 1 aromatic carbocycles. The van der Waals surface area contributed by atoms with E-state index in [1.54, 1.807) is 0 Å². The van der Waals surface area contributed by atoms with Gasteiger partial charge in [0, 0.05) is 0 Å². The molecule has 0 unspecified atom stereocenters. The maximum absolute atomic E-state index is 11.6. The van der Waals surface area contributed by atoms with E-state index in [2.05, 4.69) is 10.6 Å². The number of ether oxygens (including phenoxy) is 1. The molecule has 0 aliphatic carbocycles. The van der Waals surface area contributed by atoms with E-state index >= 15 is 0 Å². The third-order valence-corrected chi connectivity index (χ3v) is 2.85. The Labute approximate surface area is 97.5 Å². The Morgan fingerprint density at radius 2 is 1.94 bits per heavy atom. The standard InChI is InChI=1S/C12H10N2O3/c15-11-9-8(6-17-11)13-12(16)14-10(9)7-4-2-1-3-5-7/h1-5,10H,6H2,(H2,13,14,16)/t10-/m0/s1. The molecule has 2 heterocycles. The molecule has 1 aromatic rings. The number of carbonyl (C=O) groups excluding carboxylic acids is 2. The first-order chi connectivity index (χ1) is 8.25. The van der Waals surface area contributed by atoms with Crippen molar-refractivity contribution >= 4 is 12.0 Å². The van der Waals surface area contributed by atoms with Gasteiger partial charge in [0.2, 0.25) is 0 Å². The van der Waals surface area contributed by atoms with E-state index in [4.69, 9.17) is 4.74 Å². The molecule has 2 aliphatic rings. The third-order valence-electron chi connectivity index (χ3n) is 2.85. The smallest absolute Gasteiger partial charge is 0.338 e. The largest absolute Gasteiger partial charge is 0.456 e. The second-order valence-electron chi connectivity index (χ2n) is 3.91. The molecular weight excluding hydrogens is 220 g/mol. The topological polar surface area (TPSA) is 67.4 Å². The fourth-order valence-electron chi connectivity index (χ4n) is 2.08. The summed E-state index contributed by atoms with van der Waals surface area (Å²) in [4.78, 5) is 23.1. The van der Waals surface area contributed by atoms with Crippen LogP contribution in [0.2, 0.25) is 0 Å². The van der Waals surface area contributed by atoms with Crippen LogP contribution in [0.4, 0.5) is 4.79 Å². The van der Waals surface area contributed by atoms with Crippen molar-refractivity contribution in [1.29, 1.82) is 0 Å². The number of hydrogen-bond donors (Lipinski definition) is 2. The lowest BCUT2D eigenvalue weighted by Crippen LogP contribution is -2.44. The minimum Gasteiger partial charge on any atom is -0.456 e. The van der Waals surface area contributed by atoms with Crippen LogP contribution < -0.4 is 10.6 Å². The summed E-state index contributed by atoms with van der Waals surface area (Å²) in [5, 5.41) is 5.32. The predicted molar refractivity (Wildman–Crippen MR) is 58.8 cm³/mol. The maximum atomic E-state index is 11.6. The molecule has 17 heavy (non-hydrogen) atoms. The lowest BCUT2D eigenvalue weighted by Gasteiger charge is -2.24. The zero-order valence-corrected chi connectivity index (χ0v) is 8.90. The lowest BCUT2D eigenvalue weighted by molar-refractivity contribution is -0.136. The van der Waals surface area contributed by atoms with E-state index in [1.807, 2.05) is 30.3 Å². The summed E-state index contributed by atoms with van der Waals surface area (Å²) in [7, 11) is 0. The molecule has 0 radical (unpaired) electrons. The highest BCUT2D eigenvalue weighted by molar-refractivity contribution is 5.97. The van der Waals surface area contributed by atoms with Gasteiger partial charge in [0.15, 0.2) is 0 Å². The van der Waals surface area contributed by atoms with Crippen LogP contribution >= 0.6 is 0 Å². The van der Waals surface area contributed by atoms with Crippen molar-refractivity contribution in [3.8, 4) is 0 Å². The maximum Gasteiger partial charge on any atom is 0.338 e. The van der Waals surface area contributed by atoms with E-state index in [9.17, 15) is 9.59 Å². The number of urea groups is 1. The number of esters is 1. The van der Waals surface area contributed by atoms with Crippen LogP contribution in [0.3, 0.4) is 0 Å². The summed E-state index contributed by atoms with van der Waals surface area (Å²) in [6, 6.07) is 8.62. The van der Waals surface area contributed by atoms with Crippen LogP contribution in [-0.2, 0) is 9.53 Å². The predicted octanol–water partition coefficient (Wildman–Crippen LogP) is 0.851. The van der Waals surface area contributed by atoms with Crippen LogP contribution in [-0.4, -0.2) is 18.6 Å². The molecule has 5 heteroatoms. The fraction of sp³-hybridized carbons (Fsp3) is 0.167. The quantitative estimate of drug-likeness (QED) is 0.703. The number of cyclic esters (lactones) is 1. The van der Waals surface area contributed by atoms with Gasteiger partial charge in [0.1, 0.15) is 6.61 Å². The van der Waals surface area contributed by atoms with Gasteiger partial charge in [-0.2, -0.15) is 0 Å². The van der Waals surface area contributed by atoms with E-state index in [0.29, 0.717) is 11.3 Å². The molecule has 0 saturated heterocycles. The minimum absolute atomic E-state index is 0.144. The van der Waals surface area contributed by atoms with Crippen molar-refractivity contribution in [3.05, 3.63) is 47.2 Å². The summed E-state index contributed by atoms with van der Waals surface area (Å²) < 4.78 is 4.93. The number of rotatable bonds is 1. The second-order valence-corrected chi connectivity index (χ2v) is 3.91. The lowest BCUT2D eigenvalue weighted by atomic mass is 9.96. The average molecular weight is 230 g/mol. The third kappa shape index (κ3) is 1.56. The van der Waals surface area contributed by atoms with Crippen molar-refractivity contribution in [2.24, 2.45) is 0 Å². The number of benzene rings is 1. The van der Waals surface area contributed by atoms with Gasteiger partial charge in [-0.25, -0.2) is 9.59 Å². The zero-order chi connectivity index (χ0) is 11.8. The van der Waals surface area contributed by atoms with Crippen molar-refractivity contribution in [1.82, 2.24) is 10.6 Å². The van der Waals surface area contributed by atoms with Crippen molar-refractivity contribution in [3.63, 3.8) is 0 Å². The van der Waals surface area contributed by atoms with Crippen LogP contribution in [0.25, 0.3) is 0 Å². The minimum atomic E-state index is -0.421. The highest BCUT2D eigenvalue weighted by Crippen LogP contribution is 2.30. The monoisotopic (exact) mass is 230 g/mol. The summed E-state index contributed by atoms with van der Waals surface area (Å²) in [6.45, 7) is 0.144. The molecule has 0 bridgehead atoms. The Morgan fingerprint density at radius 3 is 2.71 bits per heavy atom. The van der Waals surface area contributed by atoms with Gasteiger partial charge in [-0.1, -0.05) is 30.3 Å². The number of hydrogen-bond acceptors (Lipinski definition) is 3. The second kappa shape index (κ2) is 3.62. The zero-order valence-electron chi connectivity index (χ0n) is 8.90. The summed E-state index contributed by atoms with van der Waals surface area (Å²) in [5.41, 5.74) is 1.93. The van der Waals surface area contributed by atoms with Gasteiger partial charge < -0.3 is 15.4 Å². The Kier molecular flexibility index (Phi) is 2.11. The van der Waals surface area contributed by atoms with Gasteiger partial charge >= 0.3 is 12.0 Å². The molecule has 0 aromatic heterocycles. The van der Waals surface area contributed by atoms with Crippen molar-refractivity contribution in [2.45, 2.75) is 6.04 Å². The van der Waals surface area contributed by atoms with Crippen LogP contribution in [0, 0.1) is 0 Å². The Bertz CT molecular complexity index is 522. The first-order valence-electron chi connectivity index (χ1n) is 5.28. The number of carbonyl (C=O) groups is 2. The van der Waals surface area contributed by atoms with Gasteiger partial charge in [-0.3, -0.25) is 0 Å². The van der Waals surface area contributed by atoms with Crippen LogP contribution in [0.1, 0.15) is 11.6 Å². The Morgan fingerprint density at radius 1 is 1.18 bits per heavy atom. The van der Waals surface area contributed by atoms with Crippen LogP contribution in [0.15, 0.2) is 41.6 Å². The van der Waals surface area contributed by atoms with Crippen molar-refractivity contribution in [2.75, 3.05) is 6.61 Å². The van der Waals surface area contributed by atoms with Gasteiger partial charge in [-0.15, -0.1) is 0 Å². The SMILES string of the molecule is O=C1NC2=C(C(=O)OC2)[C@H](c2ccccc2)N1. The molecule has 2 N–H and O–H groups in total. The summed E-state index contributed by atoms with van der Waals surface area (Å²) in [6.07, 6.45) is 0. The highest BCUT2D eigenvalue weighted by atomic mass is 16.5. The normalized spacial score (nSPS) is 22.7. The Balaban J connectivity index is 2.06. The Hall–Kier alpha value is -2.30. The molecule has 3 rings (SSSR count). The first kappa shape index (κ1) is 9.89. The number of amides is 2. The molecule has 2 amide bonds. The first-order valence-corrected chi connectivity index (χ1v) is 5.28. The summed E-state index contributed by atoms with van der Waals surface area (Å²) in [5.74, 6) is -0.374. The molecule has 2 aliphatic heterocycles. The molecule has 5 nitrogen and oxygen atoms in total. The van der Waals surface area contributed by atoms with E-state index in [1.165, 1.54) is 0 Å². The van der Waals surface area contributed by atoms with E-state index < -0.39 is 6.04 Å². The van der Waals surface area contributed by atoms with Gasteiger partial charge in [0.05, 0.1) is 17.3 Å². The molecule has 86 valence electrons. The fourth-order valence-corrected chi connectivity index (χ4v) is 2.08. The van der Waals surface area contributed by atoms with E-state index in [0.717, 1.165) is 5.56 Å². The molecule has 0 spiro atoms. The van der Waals surface area contributed by atoms with E-state index in [-0.39, 0.29) is 18.6 Å². The molecule has 1 atom stereocenters. The average Bonchev–Trinajstić information content (AvgIpc) is 2.71. The molecular formula is C12H10N2O3. The van der Waals surface area contributed by atoms with Gasteiger partial charge in [0.25, 0.3) is 0 Å². The van der Waals surface area contributed by atoms with Crippen LogP contribution in [0.5, 0.6) is 0 Å².